The van der Waals surface area contributed by atoms with Crippen LogP contribution in [0.3, 0.4) is 0 Å². The van der Waals surface area contributed by atoms with Crippen LogP contribution in [0.5, 0.6) is 11.5 Å². The number of furan rings is 1. The molecule has 29 heavy (non-hydrogen) atoms. The highest BCUT2D eigenvalue weighted by Crippen LogP contribution is 2.30. The number of carbonyl (C=O) groups excluding carboxylic acids is 1. The van der Waals surface area contributed by atoms with Gasteiger partial charge in [0.15, 0.2) is 11.5 Å². The molecule has 1 N–H and O–H groups in total. The fourth-order valence-electron chi connectivity index (χ4n) is 3.81. The smallest absolute Gasteiger partial charge is 0.255 e. The summed E-state index contributed by atoms with van der Waals surface area (Å²) in [5.74, 6) is 3.06. The van der Waals surface area contributed by atoms with Crippen molar-refractivity contribution >= 4 is 5.91 Å². The highest BCUT2D eigenvalue weighted by molar-refractivity contribution is 5.97. The molecule has 7 nitrogen and oxygen atoms in total. The Balaban J connectivity index is 1.53. The van der Waals surface area contributed by atoms with Gasteiger partial charge in [-0.25, -0.2) is 0 Å². The third kappa shape index (κ3) is 5.52. The van der Waals surface area contributed by atoms with Gasteiger partial charge in [0.1, 0.15) is 18.1 Å². The van der Waals surface area contributed by atoms with Crippen molar-refractivity contribution in [3.05, 3.63) is 47.4 Å². The molecule has 1 atom stereocenters. The largest absolute Gasteiger partial charge is 0.493 e. The predicted octanol–water partition coefficient (Wildman–Crippen LogP) is 3.09. The number of rotatable bonds is 9. The van der Waals surface area contributed by atoms with Gasteiger partial charge in [-0.15, -0.1) is 0 Å². The number of nitrogens with zero attached hydrogens (tertiary/aromatic N) is 1. The molecule has 2 heterocycles. The molecule has 1 aliphatic rings. The second kappa shape index (κ2) is 10.3. The molecule has 0 aliphatic carbocycles. The van der Waals surface area contributed by atoms with E-state index in [-0.39, 0.29) is 5.91 Å². The Hall–Kier alpha value is -2.51. The number of hydrogen-bond donors (Lipinski definition) is 1. The summed E-state index contributed by atoms with van der Waals surface area (Å²) in [6, 6.07) is 9.29. The number of para-hydroxylation sites is 1. The van der Waals surface area contributed by atoms with Crippen LogP contribution in [0.15, 0.2) is 34.7 Å². The van der Waals surface area contributed by atoms with Crippen molar-refractivity contribution in [1.82, 2.24) is 10.2 Å². The molecule has 0 bridgehead atoms. The van der Waals surface area contributed by atoms with E-state index in [9.17, 15) is 4.79 Å². The zero-order chi connectivity index (χ0) is 20.6. The number of carbonyl (C=O) groups is 1. The minimum atomic E-state index is -0.145. The van der Waals surface area contributed by atoms with Crippen molar-refractivity contribution in [3.8, 4) is 11.5 Å². The second-order valence-corrected chi connectivity index (χ2v) is 7.30. The van der Waals surface area contributed by atoms with E-state index >= 15 is 0 Å². The Morgan fingerprint density at radius 2 is 2.00 bits per heavy atom. The molecule has 7 heteroatoms. The summed E-state index contributed by atoms with van der Waals surface area (Å²) in [5, 5.41) is 3.06. The molecule has 2 aromatic rings. The maximum atomic E-state index is 12.7. The first-order chi connectivity index (χ1) is 14.1. The molecular weight excluding hydrogens is 372 g/mol. The molecule has 1 aromatic carbocycles. The lowest BCUT2D eigenvalue weighted by atomic mass is 9.97. The molecule has 3 rings (SSSR count). The van der Waals surface area contributed by atoms with Crippen LogP contribution >= 0.6 is 0 Å². The summed E-state index contributed by atoms with van der Waals surface area (Å²) in [6.45, 7) is 3.85. The van der Waals surface area contributed by atoms with E-state index in [1.54, 1.807) is 39.5 Å². The first kappa shape index (κ1) is 21.2. The highest BCUT2D eigenvalue weighted by atomic mass is 16.5. The lowest BCUT2D eigenvalue weighted by Crippen LogP contribution is -2.40. The number of hydrogen-bond acceptors (Lipinski definition) is 6. The number of piperidine rings is 1. The fourth-order valence-corrected chi connectivity index (χ4v) is 3.81. The van der Waals surface area contributed by atoms with E-state index < -0.39 is 0 Å². The van der Waals surface area contributed by atoms with Crippen molar-refractivity contribution in [2.45, 2.75) is 26.0 Å². The lowest BCUT2D eigenvalue weighted by Gasteiger charge is -2.32. The number of likely N-dealkylation sites (tertiary alicyclic amines) is 1. The van der Waals surface area contributed by atoms with Crippen molar-refractivity contribution < 1.29 is 23.4 Å². The van der Waals surface area contributed by atoms with Crippen molar-refractivity contribution in [2.24, 2.45) is 5.92 Å². The van der Waals surface area contributed by atoms with Gasteiger partial charge in [0.2, 0.25) is 0 Å². The summed E-state index contributed by atoms with van der Waals surface area (Å²) in [6.07, 6.45) is 2.20. The van der Waals surface area contributed by atoms with Gasteiger partial charge in [0.05, 0.1) is 26.3 Å². The van der Waals surface area contributed by atoms with E-state index in [0.29, 0.717) is 36.1 Å². The number of amides is 1. The third-order valence-electron chi connectivity index (χ3n) is 5.19. The maximum absolute atomic E-state index is 12.7. The molecular formula is C22H30N2O5. The molecule has 0 spiro atoms. The molecule has 0 radical (unpaired) electrons. The quantitative estimate of drug-likeness (QED) is 0.695. The number of methoxy groups -OCH3 is 3. The Labute approximate surface area is 171 Å². The van der Waals surface area contributed by atoms with Crippen molar-refractivity contribution in [3.63, 3.8) is 0 Å². The first-order valence-electron chi connectivity index (χ1n) is 9.92. The van der Waals surface area contributed by atoms with Crippen LogP contribution in [0.1, 0.15) is 34.7 Å². The van der Waals surface area contributed by atoms with Gasteiger partial charge in [-0.3, -0.25) is 9.69 Å². The standard InChI is InChI=1S/C22H30N2O5/c1-26-15-18-10-9-17(29-18)14-24-11-5-6-16(13-24)12-23-22(25)19-7-4-8-20(27-2)21(19)28-3/h4,7-10,16H,5-6,11-15H2,1-3H3,(H,23,25). The van der Waals surface area contributed by atoms with Crippen LogP contribution in [0.25, 0.3) is 0 Å². The lowest BCUT2D eigenvalue weighted by molar-refractivity contribution is 0.0924. The fraction of sp³-hybridized carbons (Fsp3) is 0.500. The van der Waals surface area contributed by atoms with E-state index in [2.05, 4.69) is 10.2 Å². The average molecular weight is 402 g/mol. The van der Waals surface area contributed by atoms with Crippen LogP contribution in [0, 0.1) is 5.92 Å². The van der Waals surface area contributed by atoms with Crippen LogP contribution in [-0.4, -0.2) is 51.8 Å². The second-order valence-electron chi connectivity index (χ2n) is 7.30. The van der Waals surface area contributed by atoms with Gasteiger partial charge in [-0.05, 0) is 49.6 Å². The average Bonchev–Trinajstić information content (AvgIpc) is 3.18. The molecule has 158 valence electrons. The highest BCUT2D eigenvalue weighted by Gasteiger charge is 2.23. The zero-order valence-electron chi connectivity index (χ0n) is 17.4. The third-order valence-corrected chi connectivity index (χ3v) is 5.19. The van der Waals surface area contributed by atoms with E-state index in [0.717, 1.165) is 44.0 Å². The predicted molar refractivity (Wildman–Crippen MR) is 109 cm³/mol. The van der Waals surface area contributed by atoms with Gasteiger partial charge >= 0.3 is 0 Å². The molecule has 1 unspecified atom stereocenters. The molecule has 1 aliphatic heterocycles. The molecule has 1 aromatic heterocycles. The summed E-state index contributed by atoms with van der Waals surface area (Å²) in [7, 11) is 4.76. The van der Waals surface area contributed by atoms with Crippen LogP contribution < -0.4 is 14.8 Å². The van der Waals surface area contributed by atoms with Gasteiger partial charge in [0.25, 0.3) is 5.91 Å². The van der Waals surface area contributed by atoms with E-state index in [1.807, 2.05) is 12.1 Å². The SMILES string of the molecule is COCc1ccc(CN2CCCC(CNC(=O)c3cccc(OC)c3OC)C2)o1. The van der Waals surface area contributed by atoms with Gasteiger partial charge in [0, 0.05) is 20.2 Å². The zero-order valence-corrected chi connectivity index (χ0v) is 17.4. The van der Waals surface area contributed by atoms with Crippen molar-refractivity contribution in [1.29, 1.82) is 0 Å². The normalized spacial score (nSPS) is 17.1. The van der Waals surface area contributed by atoms with Gasteiger partial charge in [-0.1, -0.05) is 6.07 Å². The molecule has 1 saturated heterocycles. The van der Waals surface area contributed by atoms with E-state index in [4.69, 9.17) is 18.6 Å². The molecule has 1 fully saturated rings. The van der Waals surface area contributed by atoms with Crippen LogP contribution in [0.2, 0.25) is 0 Å². The number of nitrogens with one attached hydrogen (secondary N) is 1. The minimum absolute atomic E-state index is 0.145. The van der Waals surface area contributed by atoms with Gasteiger partial charge < -0.3 is 23.9 Å². The summed E-state index contributed by atoms with van der Waals surface area (Å²) >= 11 is 0. The van der Waals surface area contributed by atoms with Crippen LogP contribution in [0.4, 0.5) is 0 Å². The summed E-state index contributed by atoms with van der Waals surface area (Å²) < 4.78 is 21.6. The first-order valence-corrected chi connectivity index (χ1v) is 9.92. The molecule has 1 amide bonds. The topological polar surface area (TPSA) is 73.2 Å². The van der Waals surface area contributed by atoms with Crippen molar-refractivity contribution in [2.75, 3.05) is 41.0 Å². The molecule has 0 saturated carbocycles. The minimum Gasteiger partial charge on any atom is -0.493 e. The summed E-state index contributed by atoms with van der Waals surface area (Å²) in [5.41, 5.74) is 0.487. The maximum Gasteiger partial charge on any atom is 0.255 e. The Morgan fingerprint density at radius 3 is 2.76 bits per heavy atom. The Morgan fingerprint density at radius 1 is 1.17 bits per heavy atom. The Kier molecular flexibility index (Phi) is 7.55. The Bertz CT molecular complexity index is 804. The van der Waals surface area contributed by atoms with Gasteiger partial charge in [-0.2, -0.15) is 0 Å². The number of benzene rings is 1. The van der Waals surface area contributed by atoms with E-state index in [1.165, 1.54) is 0 Å². The number of ether oxygens (including phenoxy) is 3. The monoisotopic (exact) mass is 402 g/mol. The van der Waals surface area contributed by atoms with Crippen LogP contribution in [-0.2, 0) is 17.9 Å². The summed E-state index contributed by atoms with van der Waals surface area (Å²) in [4.78, 5) is 15.1.